The predicted octanol–water partition coefficient (Wildman–Crippen LogP) is 1.83. The molecule has 0 saturated heterocycles. The highest BCUT2D eigenvalue weighted by molar-refractivity contribution is 6.00. The van der Waals surface area contributed by atoms with Crippen LogP contribution in [-0.2, 0) is 11.2 Å². The number of aromatic nitrogens is 1. The molecule has 0 fully saturated rings. The molecule has 1 aliphatic heterocycles. The minimum absolute atomic E-state index is 0.0415. The molecule has 0 atom stereocenters. The van der Waals surface area contributed by atoms with Crippen molar-refractivity contribution in [3.8, 4) is 11.1 Å². The van der Waals surface area contributed by atoms with Crippen molar-refractivity contribution in [2.24, 2.45) is 0 Å². The van der Waals surface area contributed by atoms with Crippen LogP contribution in [0, 0.1) is 0 Å². The van der Waals surface area contributed by atoms with Crippen LogP contribution in [0.15, 0.2) is 36.7 Å². The number of carbonyl (C=O) groups is 1. The van der Waals surface area contributed by atoms with E-state index in [4.69, 9.17) is 5.73 Å². The first-order chi connectivity index (χ1) is 8.24. The van der Waals surface area contributed by atoms with Crippen molar-refractivity contribution in [2.75, 3.05) is 11.1 Å². The van der Waals surface area contributed by atoms with Crippen LogP contribution in [0.4, 0.5) is 11.4 Å². The molecule has 0 spiro atoms. The topological polar surface area (TPSA) is 68.0 Å². The SMILES string of the molecule is Nc1cnccc1-c1ccc2c(c1)NC(=O)C2. The molecule has 1 amide bonds. The standard InChI is InChI=1S/C13H11N3O/c14-11-7-15-4-3-10(11)8-1-2-9-6-13(17)16-12(9)5-8/h1-5,7H,6,14H2,(H,16,17). The zero-order chi connectivity index (χ0) is 11.8. The van der Waals surface area contributed by atoms with Crippen LogP contribution >= 0.6 is 0 Å². The van der Waals surface area contributed by atoms with Crippen LogP contribution in [0.3, 0.4) is 0 Å². The van der Waals surface area contributed by atoms with Crippen molar-refractivity contribution in [2.45, 2.75) is 6.42 Å². The summed E-state index contributed by atoms with van der Waals surface area (Å²) in [6.07, 6.45) is 3.79. The van der Waals surface area contributed by atoms with Crippen LogP contribution in [0.1, 0.15) is 5.56 Å². The molecule has 1 aliphatic rings. The van der Waals surface area contributed by atoms with Crippen LogP contribution < -0.4 is 11.1 Å². The van der Waals surface area contributed by atoms with E-state index in [0.717, 1.165) is 22.4 Å². The zero-order valence-electron chi connectivity index (χ0n) is 9.10. The monoisotopic (exact) mass is 225 g/mol. The summed E-state index contributed by atoms with van der Waals surface area (Å²) in [5.74, 6) is 0.0415. The highest BCUT2D eigenvalue weighted by atomic mass is 16.1. The van der Waals surface area contributed by atoms with Crippen LogP contribution in [0.5, 0.6) is 0 Å². The fraction of sp³-hybridized carbons (Fsp3) is 0.0769. The third-order valence-corrected chi connectivity index (χ3v) is 2.90. The summed E-state index contributed by atoms with van der Waals surface area (Å²) in [4.78, 5) is 15.2. The number of nitrogen functional groups attached to an aromatic ring is 1. The van der Waals surface area contributed by atoms with Crippen molar-refractivity contribution in [3.63, 3.8) is 0 Å². The molecule has 4 nitrogen and oxygen atoms in total. The van der Waals surface area contributed by atoms with Gasteiger partial charge in [0.1, 0.15) is 0 Å². The molecule has 0 radical (unpaired) electrons. The van der Waals surface area contributed by atoms with Crippen molar-refractivity contribution >= 4 is 17.3 Å². The molecule has 0 aliphatic carbocycles. The van der Waals surface area contributed by atoms with Gasteiger partial charge in [0.2, 0.25) is 5.91 Å². The number of nitrogens with two attached hydrogens (primary N) is 1. The average molecular weight is 225 g/mol. The Kier molecular flexibility index (Phi) is 2.08. The maximum Gasteiger partial charge on any atom is 0.228 e. The second-order valence-corrected chi connectivity index (χ2v) is 4.06. The van der Waals surface area contributed by atoms with E-state index < -0.39 is 0 Å². The molecule has 3 rings (SSSR count). The summed E-state index contributed by atoms with van der Waals surface area (Å²) in [6, 6.07) is 7.76. The summed E-state index contributed by atoms with van der Waals surface area (Å²) >= 11 is 0. The molecule has 0 bridgehead atoms. The molecule has 2 heterocycles. The first-order valence-electron chi connectivity index (χ1n) is 5.37. The van der Waals surface area contributed by atoms with E-state index in [-0.39, 0.29) is 5.91 Å². The summed E-state index contributed by atoms with van der Waals surface area (Å²) in [5, 5.41) is 2.83. The third-order valence-electron chi connectivity index (χ3n) is 2.90. The lowest BCUT2D eigenvalue weighted by Gasteiger charge is -2.07. The molecule has 3 N–H and O–H groups in total. The molecule has 84 valence electrons. The highest BCUT2D eigenvalue weighted by Gasteiger charge is 2.17. The molecule has 17 heavy (non-hydrogen) atoms. The molecular weight excluding hydrogens is 214 g/mol. The first kappa shape index (κ1) is 9.84. The molecule has 0 saturated carbocycles. The Labute approximate surface area is 98.5 Å². The number of amides is 1. The summed E-state index contributed by atoms with van der Waals surface area (Å²) in [6.45, 7) is 0. The van der Waals surface area contributed by atoms with Gasteiger partial charge in [-0.15, -0.1) is 0 Å². The maximum atomic E-state index is 11.3. The number of anilines is 2. The Bertz CT molecular complexity index is 607. The van der Waals surface area contributed by atoms with Crippen molar-refractivity contribution in [1.82, 2.24) is 4.98 Å². The number of nitrogens with one attached hydrogen (secondary N) is 1. The smallest absolute Gasteiger partial charge is 0.228 e. The number of rotatable bonds is 1. The van der Waals surface area contributed by atoms with Gasteiger partial charge in [-0.05, 0) is 23.3 Å². The van der Waals surface area contributed by atoms with E-state index >= 15 is 0 Å². The van der Waals surface area contributed by atoms with Gasteiger partial charge in [-0.2, -0.15) is 0 Å². The maximum absolute atomic E-state index is 11.3. The third kappa shape index (κ3) is 1.63. The van der Waals surface area contributed by atoms with Gasteiger partial charge in [0, 0.05) is 17.4 Å². The summed E-state index contributed by atoms with van der Waals surface area (Å²) < 4.78 is 0. The Morgan fingerprint density at radius 2 is 2.18 bits per heavy atom. The average Bonchev–Trinajstić information content (AvgIpc) is 2.68. The largest absolute Gasteiger partial charge is 0.397 e. The van der Waals surface area contributed by atoms with Crippen LogP contribution in [0.25, 0.3) is 11.1 Å². The van der Waals surface area contributed by atoms with Gasteiger partial charge in [-0.3, -0.25) is 9.78 Å². The number of benzene rings is 1. The number of nitrogens with zero attached hydrogens (tertiary/aromatic N) is 1. The molecule has 1 aromatic heterocycles. The van der Waals surface area contributed by atoms with Gasteiger partial charge in [-0.1, -0.05) is 12.1 Å². The Balaban J connectivity index is 2.09. The quantitative estimate of drug-likeness (QED) is 0.777. The molecule has 4 heteroatoms. The lowest BCUT2D eigenvalue weighted by Crippen LogP contribution is -2.03. The normalized spacial score (nSPS) is 13.3. The Morgan fingerprint density at radius 1 is 1.29 bits per heavy atom. The number of hydrogen-bond donors (Lipinski definition) is 2. The fourth-order valence-electron chi connectivity index (χ4n) is 2.05. The van der Waals surface area contributed by atoms with Crippen LogP contribution in [0.2, 0.25) is 0 Å². The van der Waals surface area contributed by atoms with E-state index in [1.165, 1.54) is 0 Å². The molecule has 2 aromatic rings. The van der Waals surface area contributed by atoms with Gasteiger partial charge in [0.15, 0.2) is 0 Å². The van der Waals surface area contributed by atoms with Gasteiger partial charge < -0.3 is 11.1 Å². The predicted molar refractivity (Wildman–Crippen MR) is 66.4 cm³/mol. The second kappa shape index (κ2) is 3.59. The molecular formula is C13H11N3O. The number of pyridine rings is 1. The summed E-state index contributed by atoms with van der Waals surface area (Å²) in [5.41, 5.74) is 10.3. The summed E-state index contributed by atoms with van der Waals surface area (Å²) in [7, 11) is 0. The van der Waals surface area contributed by atoms with E-state index in [2.05, 4.69) is 10.3 Å². The van der Waals surface area contributed by atoms with Crippen molar-refractivity contribution in [1.29, 1.82) is 0 Å². The number of fused-ring (bicyclic) bond motifs is 1. The highest BCUT2D eigenvalue weighted by Crippen LogP contribution is 2.31. The minimum Gasteiger partial charge on any atom is -0.397 e. The Morgan fingerprint density at radius 3 is 3.00 bits per heavy atom. The number of carbonyl (C=O) groups excluding carboxylic acids is 1. The van der Waals surface area contributed by atoms with Crippen molar-refractivity contribution < 1.29 is 4.79 Å². The fourth-order valence-corrected chi connectivity index (χ4v) is 2.05. The van der Waals surface area contributed by atoms with Crippen LogP contribution in [-0.4, -0.2) is 10.9 Å². The lowest BCUT2D eigenvalue weighted by molar-refractivity contribution is -0.115. The number of hydrogen-bond acceptors (Lipinski definition) is 3. The lowest BCUT2D eigenvalue weighted by atomic mass is 10.0. The van der Waals surface area contributed by atoms with E-state index in [1.807, 2.05) is 24.3 Å². The van der Waals surface area contributed by atoms with E-state index in [9.17, 15) is 4.79 Å². The molecule has 0 unspecified atom stereocenters. The second-order valence-electron chi connectivity index (χ2n) is 4.06. The van der Waals surface area contributed by atoms with E-state index in [1.54, 1.807) is 12.4 Å². The first-order valence-corrected chi connectivity index (χ1v) is 5.37. The minimum atomic E-state index is 0.0415. The van der Waals surface area contributed by atoms with E-state index in [0.29, 0.717) is 12.1 Å². The van der Waals surface area contributed by atoms with Gasteiger partial charge in [0.25, 0.3) is 0 Å². The molecule has 1 aromatic carbocycles. The van der Waals surface area contributed by atoms with Gasteiger partial charge in [-0.25, -0.2) is 0 Å². The van der Waals surface area contributed by atoms with Gasteiger partial charge >= 0.3 is 0 Å². The zero-order valence-corrected chi connectivity index (χ0v) is 9.10. The van der Waals surface area contributed by atoms with Gasteiger partial charge in [0.05, 0.1) is 18.3 Å². The Hall–Kier alpha value is -2.36. The van der Waals surface area contributed by atoms with Crippen molar-refractivity contribution in [3.05, 3.63) is 42.2 Å².